The molecular formula is C13H12FN3O2. The molecule has 98 valence electrons. The van der Waals surface area contributed by atoms with Crippen LogP contribution in [-0.2, 0) is 0 Å². The zero-order valence-electron chi connectivity index (χ0n) is 10.2. The molecule has 0 fully saturated rings. The minimum atomic E-state index is -0.502. The monoisotopic (exact) mass is 261 g/mol. The van der Waals surface area contributed by atoms with E-state index < -0.39 is 4.92 Å². The van der Waals surface area contributed by atoms with E-state index in [9.17, 15) is 14.5 Å². The summed E-state index contributed by atoms with van der Waals surface area (Å²) < 4.78 is 12.9. The van der Waals surface area contributed by atoms with Crippen LogP contribution in [0.1, 0.15) is 0 Å². The van der Waals surface area contributed by atoms with Crippen molar-refractivity contribution in [3.8, 4) is 0 Å². The number of hydrogen-bond acceptors (Lipinski definition) is 4. The van der Waals surface area contributed by atoms with Gasteiger partial charge in [0, 0.05) is 24.9 Å². The second-order valence-electron chi connectivity index (χ2n) is 4.04. The first-order valence-corrected chi connectivity index (χ1v) is 5.52. The van der Waals surface area contributed by atoms with Gasteiger partial charge in [-0.05, 0) is 30.3 Å². The van der Waals surface area contributed by atoms with Crippen molar-refractivity contribution >= 4 is 22.7 Å². The topological polar surface area (TPSA) is 72.4 Å². The molecule has 0 saturated carbocycles. The number of halogens is 1. The second-order valence-corrected chi connectivity index (χ2v) is 4.04. The van der Waals surface area contributed by atoms with Crippen LogP contribution in [0.2, 0.25) is 0 Å². The SMILES string of the molecule is CN(c1ccc(F)cc1)c1ccc([N+](=O)[O-])cc1N. The summed E-state index contributed by atoms with van der Waals surface area (Å²) in [6.07, 6.45) is 0. The first-order chi connectivity index (χ1) is 8.99. The Morgan fingerprint density at radius 1 is 1.21 bits per heavy atom. The van der Waals surface area contributed by atoms with E-state index in [-0.39, 0.29) is 11.5 Å². The van der Waals surface area contributed by atoms with Gasteiger partial charge < -0.3 is 10.6 Å². The van der Waals surface area contributed by atoms with Crippen LogP contribution in [0.15, 0.2) is 42.5 Å². The number of anilines is 3. The summed E-state index contributed by atoms with van der Waals surface area (Å²) in [6, 6.07) is 10.1. The van der Waals surface area contributed by atoms with Gasteiger partial charge in [-0.3, -0.25) is 10.1 Å². The van der Waals surface area contributed by atoms with E-state index in [0.29, 0.717) is 11.4 Å². The first kappa shape index (κ1) is 12.8. The molecule has 0 aliphatic heterocycles. The Balaban J connectivity index is 2.36. The maximum atomic E-state index is 12.9. The number of benzene rings is 2. The van der Waals surface area contributed by atoms with Crippen molar-refractivity contribution in [2.24, 2.45) is 0 Å². The minimum absolute atomic E-state index is 0.0613. The highest BCUT2D eigenvalue weighted by atomic mass is 19.1. The molecule has 0 bridgehead atoms. The van der Waals surface area contributed by atoms with Crippen molar-refractivity contribution in [3.63, 3.8) is 0 Å². The van der Waals surface area contributed by atoms with Crippen LogP contribution in [-0.4, -0.2) is 12.0 Å². The lowest BCUT2D eigenvalue weighted by atomic mass is 10.2. The molecule has 0 aliphatic carbocycles. The number of nitro groups is 1. The molecule has 2 N–H and O–H groups in total. The maximum absolute atomic E-state index is 12.9. The van der Waals surface area contributed by atoms with Crippen LogP contribution >= 0.6 is 0 Å². The second kappa shape index (κ2) is 4.93. The van der Waals surface area contributed by atoms with Gasteiger partial charge in [0.25, 0.3) is 5.69 Å². The molecule has 6 heteroatoms. The van der Waals surface area contributed by atoms with Gasteiger partial charge in [0.1, 0.15) is 5.82 Å². The third-order valence-corrected chi connectivity index (χ3v) is 2.80. The van der Waals surface area contributed by atoms with Crippen LogP contribution in [0.4, 0.5) is 27.1 Å². The van der Waals surface area contributed by atoms with E-state index in [4.69, 9.17) is 5.73 Å². The normalized spacial score (nSPS) is 10.2. The zero-order chi connectivity index (χ0) is 14.0. The Bertz CT molecular complexity index is 614. The van der Waals surface area contributed by atoms with Gasteiger partial charge in [-0.2, -0.15) is 0 Å². The summed E-state index contributed by atoms with van der Waals surface area (Å²) >= 11 is 0. The molecule has 0 saturated heterocycles. The van der Waals surface area contributed by atoms with Crippen LogP contribution < -0.4 is 10.6 Å². The minimum Gasteiger partial charge on any atom is -0.397 e. The number of rotatable bonds is 3. The third kappa shape index (κ3) is 2.62. The highest BCUT2D eigenvalue weighted by molar-refractivity contribution is 5.76. The molecule has 0 radical (unpaired) electrons. The highest BCUT2D eigenvalue weighted by Crippen LogP contribution is 2.31. The fourth-order valence-electron chi connectivity index (χ4n) is 1.76. The summed E-state index contributed by atoms with van der Waals surface area (Å²) in [5.74, 6) is -0.325. The van der Waals surface area contributed by atoms with Crippen molar-refractivity contribution < 1.29 is 9.31 Å². The molecule has 5 nitrogen and oxygen atoms in total. The Morgan fingerprint density at radius 2 is 1.84 bits per heavy atom. The van der Waals surface area contributed by atoms with E-state index in [1.807, 2.05) is 0 Å². The number of nitrogen functional groups attached to an aromatic ring is 1. The molecule has 0 aliphatic rings. The molecule has 0 atom stereocenters. The van der Waals surface area contributed by atoms with E-state index in [1.54, 1.807) is 30.1 Å². The lowest BCUT2D eigenvalue weighted by Crippen LogP contribution is -2.11. The van der Waals surface area contributed by atoms with Gasteiger partial charge in [-0.25, -0.2) is 4.39 Å². The fraction of sp³-hybridized carbons (Fsp3) is 0.0769. The van der Waals surface area contributed by atoms with Crippen molar-refractivity contribution in [2.45, 2.75) is 0 Å². The molecule has 0 aromatic heterocycles. The highest BCUT2D eigenvalue weighted by Gasteiger charge is 2.12. The molecule has 0 amide bonds. The molecule has 0 spiro atoms. The van der Waals surface area contributed by atoms with Crippen molar-refractivity contribution in [1.82, 2.24) is 0 Å². The molecule has 19 heavy (non-hydrogen) atoms. The van der Waals surface area contributed by atoms with E-state index >= 15 is 0 Å². The Morgan fingerprint density at radius 3 is 2.37 bits per heavy atom. The average molecular weight is 261 g/mol. The third-order valence-electron chi connectivity index (χ3n) is 2.80. The Kier molecular flexibility index (Phi) is 3.33. The predicted molar refractivity (Wildman–Crippen MR) is 72.0 cm³/mol. The Hall–Kier alpha value is -2.63. The van der Waals surface area contributed by atoms with Gasteiger partial charge in [-0.15, -0.1) is 0 Å². The first-order valence-electron chi connectivity index (χ1n) is 5.52. The zero-order valence-corrected chi connectivity index (χ0v) is 10.2. The lowest BCUT2D eigenvalue weighted by Gasteiger charge is -2.21. The molecule has 0 heterocycles. The van der Waals surface area contributed by atoms with E-state index in [1.165, 1.54) is 24.3 Å². The summed E-state index contributed by atoms with van der Waals surface area (Å²) in [4.78, 5) is 11.9. The number of hydrogen-bond donors (Lipinski definition) is 1. The molecule has 0 unspecified atom stereocenters. The predicted octanol–water partition coefficient (Wildman–Crippen LogP) is 3.08. The van der Waals surface area contributed by atoms with Gasteiger partial charge in [0.2, 0.25) is 0 Å². The quantitative estimate of drug-likeness (QED) is 0.523. The van der Waals surface area contributed by atoms with Crippen LogP contribution in [0.3, 0.4) is 0 Å². The number of nitrogens with zero attached hydrogens (tertiary/aromatic N) is 2. The van der Waals surface area contributed by atoms with Crippen molar-refractivity contribution in [3.05, 3.63) is 58.4 Å². The fourth-order valence-corrected chi connectivity index (χ4v) is 1.76. The molecule has 2 aromatic rings. The van der Waals surface area contributed by atoms with Gasteiger partial charge in [0.15, 0.2) is 0 Å². The number of nitrogens with two attached hydrogens (primary N) is 1. The summed E-state index contributed by atoms with van der Waals surface area (Å²) in [6.45, 7) is 0. The van der Waals surface area contributed by atoms with Crippen LogP contribution in [0.25, 0.3) is 0 Å². The maximum Gasteiger partial charge on any atom is 0.271 e. The van der Waals surface area contributed by atoms with Crippen molar-refractivity contribution in [1.29, 1.82) is 0 Å². The smallest absolute Gasteiger partial charge is 0.271 e. The standard InChI is InChI=1S/C13H12FN3O2/c1-16(10-4-2-9(14)3-5-10)13-7-6-11(17(18)19)8-12(13)15/h2-8H,15H2,1H3. The largest absolute Gasteiger partial charge is 0.397 e. The average Bonchev–Trinajstić information content (AvgIpc) is 2.38. The van der Waals surface area contributed by atoms with Crippen LogP contribution in [0.5, 0.6) is 0 Å². The molecule has 2 rings (SSSR count). The van der Waals surface area contributed by atoms with Crippen molar-refractivity contribution in [2.75, 3.05) is 17.7 Å². The molecule has 2 aromatic carbocycles. The molecular weight excluding hydrogens is 249 g/mol. The van der Waals surface area contributed by atoms with Gasteiger partial charge in [-0.1, -0.05) is 0 Å². The summed E-state index contributed by atoms with van der Waals surface area (Å²) in [5.41, 5.74) is 7.40. The van der Waals surface area contributed by atoms with Crippen LogP contribution in [0, 0.1) is 15.9 Å². The van der Waals surface area contributed by atoms with E-state index in [0.717, 1.165) is 5.69 Å². The number of nitro benzene ring substituents is 1. The summed E-state index contributed by atoms with van der Waals surface area (Å²) in [7, 11) is 1.75. The Labute approximate surface area is 109 Å². The van der Waals surface area contributed by atoms with Gasteiger partial charge >= 0.3 is 0 Å². The summed E-state index contributed by atoms with van der Waals surface area (Å²) in [5, 5.41) is 10.6. The van der Waals surface area contributed by atoms with E-state index in [2.05, 4.69) is 0 Å². The van der Waals surface area contributed by atoms with Gasteiger partial charge in [0.05, 0.1) is 16.3 Å². The number of non-ortho nitro benzene ring substituents is 1. The lowest BCUT2D eigenvalue weighted by molar-refractivity contribution is -0.384.